The van der Waals surface area contributed by atoms with Crippen LogP contribution in [0.15, 0.2) is 65.6 Å². The quantitative estimate of drug-likeness (QED) is 0.219. The molecule has 0 aromatic heterocycles. The van der Waals surface area contributed by atoms with E-state index in [0.29, 0.717) is 11.3 Å². The van der Waals surface area contributed by atoms with Crippen LogP contribution in [0.2, 0.25) is 0 Å². The maximum Gasteiger partial charge on any atom is 0.339 e. The third-order valence-electron chi connectivity index (χ3n) is 5.40. The van der Waals surface area contributed by atoms with Crippen LogP contribution < -0.4 is 19.5 Å². The van der Waals surface area contributed by atoms with E-state index < -0.39 is 32.9 Å². The molecule has 3 aromatic rings. The molecule has 0 radical (unpaired) electrons. The Morgan fingerprint density at radius 3 is 2.26 bits per heavy atom. The predicted molar refractivity (Wildman–Crippen MR) is 138 cm³/mol. The summed E-state index contributed by atoms with van der Waals surface area (Å²) in [7, 11) is -1.38. The summed E-state index contributed by atoms with van der Waals surface area (Å²) in [6.45, 7) is 2.88. The number of hydrogen-bond acceptors (Lipinski definition) is 9. The number of sulfonamides is 1. The first-order valence-electron chi connectivity index (χ1n) is 11.1. The second-order valence-corrected chi connectivity index (χ2v) is 9.64. The number of para-hydroxylation sites is 2. The maximum atomic E-state index is 13.0. The van der Waals surface area contributed by atoms with Crippen LogP contribution in [0.25, 0.3) is 0 Å². The van der Waals surface area contributed by atoms with Crippen LogP contribution in [0.5, 0.6) is 11.5 Å². The lowest BCUT2D eigenvalue weighted by Crippen LogP contribution is -2.30. The number of carbonyl (C=O) groups excluding carboxylic acids is 2. The molecular weight excluding hydrogens is 518 g/mol. The zero-order valence-corrected chi connectivity index (χ0v) is 21.7. The summed E-state index contributed by atoms with van der Waals surface area (Å²) >= 11 is 0. The SMILES string of the molecule is COc1ccc([N+](=O)[O-])cc1NC(=O)[C@H](C)OC(=O)c1cc(S(=O)(=O)Nc2ccccc2OC)ccc1C. The minimum absolute atomic E-state index is 0.0151. The number of esters is 1. The van der Waals surface area contributed by atoms with Gasteiger partial charge in [-0.2, -0.15) is 0 Å². The van der Waals surface area contributed by atoms with Crippen LogP contribution in [-0.2, 0) is 19.6 Å². The van der Waals surface area contributed by atoms with Crippen molar-refractivity contribution in [3.8, 4) is 11.5 Å². The fourth-order valence-electron chi connectivity index (χ4n) is 3.34. The van der Waals surface area contributed by atoms with Crippen LogP contribution in [0.3, 0.4) is 0 Å². The van der Waals surface area contributed by atoms with Gasteiger partial charge in [0, 0.05) is 12.1 Å². The molecule has 0 heterocycles. The maximum absolute atomic E-state index is 13.0. The lowest BCUT2D eigenvalue weighted by molar-refractivity contribution is -0.384. The van der Waals surface area contributed by atoms with Crippen LogP contribution in [0.4, 0.5) is 17.1 Å². The molecule has 0 saturated carbocycles. The number of non-ortho nitro benzene ring substituents is 1. The summed E-state index contributed by atoms with van der Waals surface area (Å²) in [5.74, 6) is -1.25. The Morgan fingerprint density at radius 2 is 1.61 bits per heavy atom. The van der Waals surface area contributed by atoms with Gasteiger partial charge >= 0.3 is 5.97 Å². The zero-order valence-electron chi connectivity index (χ0n) is 20.9. The number of anilines is 2. The smallest absolute Gasteiger partial charge is 0.339 e. The highest BCUT2D eigenvalue weighted by atomic mass is 32.2. The Balaban J connectivity index is 1.78. The molecule has 0 fully saturated rings. The Bertz CT molecular complexity index is 1490. The summed E-state index contributed by atoms with van der Waals surface area (Å²) in [5.41, 5.74) is 0.295. The second kappa shape index (κ2) is 11.6. The third kappa shape index (κ3) is 6.37. The molecule has 0 aliphatic rings. The van der Waals surface area contributed by atoms with Crippen molar-refractivity contribution < 1.29 is 37.1 Å². The number of nitrogens with zero attached hydrogens (tertiary/aromatic N) is 1. The van der Waals surface area contributed by atoms with E-state index in [-0.39, 0.29) is 33.3 Å². The summed E-state index contributed by atoms with van der Waals surface area (Å²) in [4.78, 5) is 35.8. The zero-order chi connectivity index (χ0) is 28.0. The molecule has 1 amide bonds. The molecule has 3 rings (SSSR count). The minimum atomic E-state index is -4.11. The van der Waals surface area contributed by atoms with Crippen molar-refractivity contribution in [1.82, 2.24) is 0 Å². The lowest BCUT2D eigenvalue weighted by Gasteiger charge is -2.16. The van der Waals surface area contributed by atoms with Crippen LogP contribution in [0, 0.1) is 17.0 Å². The molecule has 12 nitrogen and oxygen atoms in total. The van der Waals surface area contributed by atoms with Gasteiger partial charge in [0.05, 0.1) is 41.0 Å². The number of amides is 1. The number of benzene rings is 3. The average Bonchev–Trinajstić information content (AvgIpc) is 2.88. The molecule has 0 aliphatic heterocycles. The number of nitrogens with one attached hydrogen (secondary N) is 2. The van der Waals surface area contributed by atoms with Gasteiger partial charge in [-0.15, -0.1) is 0 Å². The number of nitro groups is 1. The molecule has 0 aliphatic carbocycles. The number of aryl methyl sites for hydroxylation is 1. The van der Waals surface area contributed by atoms with Crippen molar-refractivity contribution in [2.75, 3.05) is 24.3 Å². The molecule has 0 spiro atoms. The van der Waals surface area contributed by atoms with Crippen molar-refractivity contribution in [3.63, 3.8) is 0 Å². The van der Waals surface area contributed by atoms with Gasteiger partial charge in [-0.1, -0.05) is 18.2 Å². The average molecular weight is 544 g/mol. The molecule has 13 heteroatoms. The van der Waals surface area contributed by atoms with Crippen LogP contribution >= 0.6 is 0 Å². The Morgan fingerprint density at radius 1 is 0.947 bits per heavy atom. The summed E-state index contributed by atoms with van der Waals surface area (Å²) < 4.78 is 43.9. The molecule has 2 N–H and O–H groups in total. The molecule has 0 bridgehead atoms. The Kier molecular flexibility index (Phi) is 8.53. The molecule has 3 aromatic carbocycles. The van der Waals surface area contributed by atoms with Gasteiger partial charge in [0.1, 0.15) is 11.5 Å². The standard InChI is InChI=1S/C25H25N3O9S/c1-15-9-11-18(38(33,34)27-20-7-5-6-8-22(20)35-3)14-19(15)25(30)37-16(2)24(29)26-21-13-17(28(31)32)10-12-23(21)36-4/h5-14,16,27H,1-4H3,(H,26,29)/t16-/m0/s1. The van der Waals surface area contributed by atoms with E-state index in [4.69, 9.17) is 14.2 Å². The fraction of sp³-hybridized carbons (Fsp3) is 0.200. The lowest BCUT2D eigenvalue weighted by atomic mass is 10.1. The number of carbonyl (C=O) groups is 2. The van der Waals surface area contributed by atoms with E-state index in [1.807, 2.05) is 0 Å². The van der Waals surface area contributed by atoms with Gasteiger partial charge in [0.25, 0.3) is 21.6 Å². The van der Waals surface area contributed by atoms with E-state index in [2.05, 4.69) is 10.0 Å². The summed E-state index contributed by atoms with van der Waals surface area (Å²) in [6, 6.07) is 14.0. The van der Waals surface area contributed by atoms with E-state index in [0.717, 1.165) is 12.1 Å². The Hall–Kier alpha value is -4.65. The van der Waals surface area contributed by atoms with Crippen molar-refractivity contribution in [2.24, 2.45) is 0 Å². The number of ether oxygens (including phenoxy) is 3. The normalized spacial score (nSPS) is 11.7. The number of rotatable bonds is 10. The molecule has 1 atom stereocenters. The topological polar surface area (TPSA) is 163 Å². The van der Waals surface area contributed by atoms with Crippen molar-refractivity contribution in [3.05, 3.63) is 81.9 Å². The van der Waals surface area contributed by atoms with Gasteiger partial charge < -0.3 is 19.5 Å². The first kappa shape index (κ1) is 27.9. The minimum Gasteiger partial charge on any atom is -0.495 e. The molecule has 0 unspecified atom stereocenters. The van der Waals surface area contributed by atoms with Crippen molar-refractivity contribution in [2.45, 2.75) is 24.8 Å². The summed E-state index contributed by atoms with van der Waals surface area (Å²) in [5, 5.41) is 13.5. The third-order valence-corrected chi connectivity index (χ3v) is 6.76. The molecule has 0 saturated heterocycles. The first-order chi connectivity index (χ1) is 18.0. The van der Waals surface area contributed by atoms with E-state index >= 15 is 0 Å². The van der Waals surface area contributed by atoms with Gasteiger partial charge in [0.15, 0.2) is 6.10 Å². The van der Waals surface area contributed by atoms with E-state index in [9.17, 15) is 28.1 Å². The molecule has 200 valence electrons. The Labute approximate surface area is 218 Å². The van der Waals surface area contributed by atoms with Gasteiger partial charge in [0.2, 0.25) is 0 Å². The monoisotopic (exact) mass is 543 g/mol. The van der Waals surface area contributed by atoms with E-state index in [1.54, 1.807) is 25.1 Å². The second-order valence-electron chi connectivity index (χ2n) is 7.96. The largest absolute Gasteiger partial charge is 0.495 e. The van der Waals surface area contributed by atoms with Gasteiger partial charge in [-0.25, -0.2) is 13.2 Å². The number of nitro benzene ring substituents is 1. The first-order valence-corrected chi connectivity index (χ1v) is 12.6. The number of hydrogen-bond donors (Lipinski definition) is 2. The van der Waals surface area contributed by atoms with Crippen LogP contribution in [0.1, 0.15) is 22.8 Å². The highest BCUT2D eigenvalue weighted by molar-refractivity contribution is 7.92. The molecular formula is C25H25N3O9S. The molecule has 38 heavy (non-hydrogen) atoms. The fourth-order valence-corrected chi connectivity index (χ4v) is 4.44. The number of methoxy groups -OCH3 is 2. The summed E-state index contributed by atoms with van der Waals surface area (Å²) in [6.07, 6.45) is -1.34. The van der Waals surface area contributed by atoms with Gasteiger partial charge in [-0.05, 0) is 49.7 Å². The predicted octanol–water partition coefficient (Wildman–Crippen LogP) is 3.91. The highest BCUT2D eigenvalue weighted by Gasteiger charge is 2.24. The highest BCUT2D eigenvalue weighted by Crippen LogP contribution is 2.30. The van der Waals surface area contributed by atoms with Gasteiger partial charge in [-0.3, -0.25) is 19.6 Å². The van der Waals surface area contributed by atoms with Crippen molar-refractivity contribution in [1.29, 1.82) is 0 Å². The van der Waals surface area contributed by atoms with Crippen molar-refractivity contribution >= 4 is 39.0 Å². The van der Waals surface area contributed by atoms with E-state index in [1.165, 1.54) is 51.5 Å². The van der Waals surface area contributed by atoms with Crippen LogP contribution in [-0.4, -0.2) is 45.5 Å².